The number of rotatable bonds is 6. The molecule has 3 heterocycles. The summed E-state index contributed by atoms with van der Waals surface area (Å²) in [7, 11) is 0. The minimum absolute atomic E-state index is 0.0628. The zero-order valence-corrected chi connectivity index (χ0v) is 18.4. The lowest BCUT2D eigenvalue weighted by Crippen LogP contribution is -2.26. The van der Waals surface area contributed by atoms with Crippen LogP contribution >= 0.6 is 0 Å². The molecule has 0 aliphatic carbocycles. The number of hydrogen-bond donors (Lipinski definition) is 2. The fraction of sp³-hybridized carbons (Fsp3) is 0.192. The quantitative estimate of drug-likeness (QED) is 0.431. The molecule has 1 fully saturated rings. The van der Waals surface area contributed by atoms with Gasteiger partial charge in [-0.3, -0.25) is 0 Å². The maximum atomic E-state index is 9.67. The molecule has 34 heavy (non-hydrogen) atoms. The number of benzene rings is 2. The Balaban J connectivity index is 1.35. The molecule has 1 aliphatic rings. The van der Waals surface area contributed by atoms with Crippen molar-refractivity contribution in [3.05, 3.63) is 78.8 Å². The van der Waals surface area contributed by atoms with Crippen LogP contribution in [-0.2, 0) is 4.74 Å². The van der Waals surface area contributed by atoms with Gasteiger partial charge in [0.05, 0.1) is 30.7 Å². The van der Waals surface area contributed by atoms with Crippen LogP contribution in [0.15, 0.2) is 73.2 Å². The van der Waals surface area contributed by atoms with Crippen LogP contribution in [-0.4, -0.2) is 39.0 Å². The summed E-state index contributed by atoms with van der Waals surface area (Å²) in [6.07, 6.45) is 6.80. The molecule has 0 atom stereocenters. The summed E-state index contributed by atoms with van der Waals surface area (Å²) in [6, 6.07) is 18.9. The normalized spacial score (nSPS) is 13.9. The second-order valence-electron chi connectivity index (χ2n) is 7.97. The highest BCUT2D eigenvalue weighted by Crippen LogP contribution is 2.28. The number of nitrogens with zero attached hydrogens (tertiary/aromatic N) is 4. The van der Waals surface area contributed by atoms with E-state index in [0.29, 0.717) is 36.2 Å². The van der Waals surface area contributed by atoms with Gasteiger partial charge in [0.25, 0.3) is 0 Å². The standard InChI is InChI=1S/C26H23N5O3/c27-16-19-14-18(4-5-25(19)34-23-8-12-33-13-9-23)24-6-10-28-26(30-24)29-20-2-1-3-21(15-20)31-11-7-22(32)17-31/h1-7,10-11,14-15,17,23,32H,8-9,12-13H2,(H,28,29,30). The van der Waals surface area contributed by atoms with Gasteiger partial charge in [-0.1, -0.05) is 6.07 Å². The van der Waals surface area contributed by atoms with Crippen molar-refractivity contribution >= 4 is 11.6 Å². The Bertz CT molecular complexity index is 1340. The SMILES string of the molecule is N#Cc1cc(-c2ccnc(Nc3cccc(-n4ccc(O)c4)c3)n2)ccc1OC1CCOCC1. The van der Waals surface area contributed by atoms with Crippen molar-refractivity contribution in [1.29, 1.82) is 5.26 Å². The van der Waals surface area contributed by atoms with Crippen molar-refractivity contribution in [2.45, 2.75) is 18.9 Å². The summed E-state index contributed by atoms with van der Waals surface area (Å²) in [6.45, 7) is 1.36. The Labute approximate surface area is 197 Å². The molecule has 170 valence electrons. The summed E-state index contributed by atoms with van der Waals surface area (Å²) in [5.74, 6) is 1.22. The molecular weight excluding hydrogens is 430 g/mol. The van der Waals surface area contributed by atoms with Crippen molar-refractivity contribution in [1.82, 2.24) is 14.5 Å². The van der Waals surface area contributed by atoms with Gasteiger partial charge in [0.1, 0.15) is 23.7 Å². The number of aromatic nitrogens is 3. The molecule has 0 amide bonds. The van der Waals surface area contributed by atoms with Crippen LogP contribution in [0.1, 0.15) is 18.4 Å². The van der Waals surface area contributed by atoms with Gasteiger partial charge in [-0.2, -0.15) is 5.26 Å². The van der Waals surface area contributed by atoms with Gasteiger partial charge >= 0.3 is 0 Å². The third-order valence-corrected chi connectivity index (χ3v) is 5.59. The molecule has 0 spiro atoms. The van der Waals surface area contributed by atoms with Gasteiger partial charge in [0.15, 0.2) is 0 Å². The average molecular weight is 454 g/mol. The second kappa shape index (κ2) is 9.65. The van der Waals surface area contributed by atoms with Crippen LogP contribution < -0.4 is 10.1 Å². The molecule has 0 saturated carbocycles. The molecule has 1 aliphatic heterocycles. The predicted octanol–water partition coefficient (Wildman–Crippen LogP) is 4.81. The van der Waals surface area contributed by atoms with Crippen molar-refractivity contribution in [3.8, 4) is 34.5 Å². The van der Waals surface area contributed by atoms with Crippen LogP contribution in [0.3, 0.4) is 0 Å². The highest BCUT2D eigenvalue weighted by atomic mass is 16.5. The third kappa shape index (κ3) is 4.85. The summed E-state index contributed by atoms with van der Waals surface area (Å²) in [5.41, 5.74) is 3.66. The molecule has 5 rings (SSSR count). The first-order valence-electron chi connectivity index (χ1n) is 11.0. The zero-order valence-electron chi connectivity index (χ0n) is 18.4. The molecule has 0 unspecified atom stereocenters. The van der Waals surface area contributed by atoms with E-state index in [9.17, 15) is 10.4 Å². The lowest BCUT2D eigenvalue weighted by molar-refractivity contribution is 0.0254. The van der Waals surface area contributed by atoms with Gasteiger partial charge in [0, 0.05) is 42.2 Å². The maximum Gasteiger partial charge on any atom is 0.227 e. The summed E-state index contributed by atoms with van der Waals surface area (Å²) < 4.78 is 13.3. The first-order valence-corrected chi connectivity index (χ1v) is 11.0. The van der Waals surface area contributed by atoms with E-state index in [4.69, 9.17) is 9.47 Å². The van der Waals surface area contributed by atoms with Crippen LogP contribution in [0.2, 0.25) is 0 Å². The molecule has 0 radical (unpaired) electrons. The lowest BCUT2D eigenvalue weighted by atomic mass is 10.1. The van der Waals surface area contributed by atoms with Gasteiger partial charge < -0.3 is 24.5 Å². The first kappa shape index (κ1) is 21.5. The van der Waals surface area contributed by atoms with Crippen molar-refractivity contribution in [3.63, 3.8) is 0 Å². The average Bonchev–Trinajstić information content (AvgIpc) is 3.31. The molecular formula is C26H23N5O3. The molecule has 1 saturated heterocycles. The van der Waals surface area contributed by atoms with Crippen molar-refractivity contribution in [2.75, 3.05) is 18.5 Å². The van der Waals surface area contributed by atoms with Crippen LogP contribution in [0.25, 0.3) is 16.9 Å². The minimum atomic E-state index is 0.0628. The van der Waals surface area contributed by atoms with E-state index in [1.165, 1.54) is 0 Å². The molecule has 8 nitrogen and oxygen atoms in total. The van der Waals surface area contributed by atoms with Gasteiger partial charge in [0.2, 0.25) is 5.95 Å². The third-order valence-electron chi connectivity index (χ3n) is 5.59. The Morgan fingerprint density at radius 3 is 2.79 bits per heavy atom. The van der Waals surface area contributed by atoms with Crippen molar-refractivity contribution < 1.29 is 14.6 Å². The number of aromatic hydroxyl groups is 1. The number of nitriles is 1. The summed E-state index contributed by atoms with van der Waals surface area (Å²) in [4.78, 5) is 8.96. The minimum Gasteiger partial charge on any atom is -0.506 e. The van der Waals surface area contributed by atoms with Gasteiger partial charge in [-0.25, -0.2) is 9.97 Å². The van der Waals surface area contributed by atoms with E-state index in [2.05, 4.69) is 21.4 Å². The molecule has 2 aromatic carbocycles. The fourth-order valence-corrected chi connectivity index (χ4v) is 3.85. The number of nitrogens with one attached hydrogen (secondary N) is 1. The smallest absolute Gasteiger partial charge is 0.227 e. The zero-order chi connectivity index (χ0) is 23.3. The Hall–Kier alpha value is -4.35. The fourth-order valence-electron chi connectivity index (χ4n) is 3.85. The van der Waals surface area contributed by atoms with Gasteiger partial charge in [-0.05, 0) is 48.5 Å². The van der Waals surface area contributed by atoms with E-state index in [0.717, 1.165) is 29.8 Å². The van der Waals surface area contributed by atoms with Crippen LogP contribution in [0, 0.1) is 11.3 Å². The first-order chi connectivity index (χ1) is 16.7. The topological polar surface area (TPSA) is 105 Å². The summed E-state index contributed by atoms with van der Waals surface area (Å²) >= 11 is 0. The molecule has 2 aromatic heterocycles. The molecule has 0 bridgehead atoms. The van der Waals surface area contributed by atoms with Crippen molar-refractivity contribution in [2.24, 2.45) is 0 Å². The van der Waals surface area contributed by atoms with E-state index < -0.39 is 0 Å². The Morgan fingerprint density at radius 1 is 1.12 bits per heavy atom. The van der Waals surface area contributed by atoms with E-state index in [1.54, 1.807) is 36.8 Å². The molecule has 8 heteroatoms. The molecule has 2 N–H and O–H groups in total. The number of anilines is 2. The number of ether oxygens (including phenoxy) is 2. The molecule has 4 aromatic rings. The lowest BCUT2D eigenvalue weighted by Gasteiger charge is -2.23. The van der Waals surface area contributed by atoms with Crippen LogP contribution in [0.5, 0.6) is 11.5 Å². The Morgan fingerprint density at radius 2 is 2.00 bits per heavy atom. The second-order valence-corrected chi connectivity index (χ2v) is 7.97. The van der Waals surface area contributed by atoms with E-state index >= 15 is 0 Å². The monoisotopic (exact) mass is 453 g/mol. The maximum absolute atomic E-state index is 9.67. The van der Waals surface area contributed by atoms with E-state index in [-0.39, 0.29) is 11.9 Å². The highest BCUT2D eigenvalue weighted by Gasteiger charge is 2.17. The van der Waals surface area contributed by atoms with Gasteiger partial charge in [-0.15, -0.1) is 0 Å². The van der Waals surface area contributed by atoms with Crippen LogP contribution in [0.4, 0.5) is 11.6 Å². The largest absolute Gasteiger partial charge is 0.506 e. The summed E-state index contributed by atoms with van der Waals surface area (Å²) in [5, 5.41) is 22.5. The predicted molar refractivity (Wildman–Crippen MR) is 127 cm³/mol. The van der Waals surface area contributed by atoms with E-state index in [1.807, 2.05) is 41.0 Å². The number of hydrogen-bond acceptors (Lipinski definition) is 7. The highest BCUT2D eigenvalue weighted by molar-refractivity contribution is 5.66. The Kier molecular flexibility index (Phi) is 6.10.